The fraction of sp³-hybridized carbons (Fsp3) is 0.167. The van der Waals surface area contributed by atoms with E-state index in [1.54, 1.807) is 0 Å². The van der Waals surface area contributed by atoms with Crippen LogP contribution in [0.3, 0.4) is 0 Å². The Kier molecular flexibility index (Phi) is 2.94. The second-order valence-corrected chi connectivity index (χ2v) is 3.76. The lowest BCUT2D eigenvalue weighted by Crippen LogP contribution is -2.40. The molecule has 0 fully saturated rings. The Hall–Kier alpha value is -2.49. The van der Waals surface area contributed by atoms with E-state index in [-0.39, 0.29) is 11.3 Å². The van der Waals surface area contributed by atoms with Crippen LogP contribution >= 0.6 is 0 Å². The molecule has 1 aliphatic heterocycles. The second kappa shape index (κ2) is 4.31. The summed E-state index contributed by atoms with van der Waals surface area (Å²) in [6, 6.07) is 4.01. The monoisotopic (exact) mass is 269 g/mol. The van der Waals surface area contributed by atoms with Crippen molar-refractivity contribution in [3.05, 3.63) is 45.1 Å². The molecule has 0 saturated carbocycles. The van der Waals surface area contributed by atoms with Crippen molar-refractivity contribution in [2.24, 2.45) is 0 Å². The van der Waals surface area contributed by atoms with Gasteiger partial charge in [-0.3, -0.25) is 10.1 Å². The highest BCUT2D eigenvalue weighted by atomic mass is 19.4. The van der Waals surface area contributed by atoms with Crippen molar-refractivity contribution in [2.75, 3.05) is 0 Å². The molecule has 1 aliphatic rings. The maximum atomic E-state index is 12.7. The predicted octanol–water partition coefficient (Wildman–Crippen LogP) is 2.61. The first kappa shape index (κ1) is 13.0. The summed E-state index contributed by atoms with van der Waals surface area (Å²) in [7, 11) is 0. The summed E-state index contributed by atoms with van der Waals surface area (Å²) >= 11 is 0. The van der Waals surface area contributed by atoms with Gasteiger partial charge in [-0.15, -0.1) is 6.42 Å². The Balaban J connectivity index is 2.55. The highest BCUT2D eigenvalue weighted by molar-refractivity contribution is 5.64. The van der Waals surface area contributed by atoms with Crippen molar-refractivity contribution in [1.29, 1.82) is 0 Å². The zero-order valence-electron chi connectivity index (χ0n) is 9.27. The van der Waals surface area contributed by atoms with E-state index >= 15 is 0 Å². The maximum Gasteiger partial charge on any atom is 0.436 e. The molecule has 0 bridgehead atoms. The van der Waals surface area contributed by atoms with E-state index < -0.39 is 22.9 Å². The van der Waals surface area contributed by atoms with Gasteiger partial charge >= 0.3 is 6.18 Å². The van der Waals surface area contributed by atoms with Crippen molar-refractivity contribution >= 4 is 6.08 Å². The normalized spacial score (nSPS) is 17.8. The highest BCUT2D eigenvalue weighted by Gasteiger charge is 2.51. The second-order valence-electron chi connectivity index (χ2n) is 3.76. The Morgan fingerprint density at radius 1 is 1.42 bits per heavy atom. The quantitative estimate of drug-likeness (QED) is 0.447. The molecule has 0 aromatic heterocycles. The Morgan fingerprint density at radius 3 is 2.63 bits per heavy atom. The maximum absolute atomic E-state index is 12.7. The number of fused-ring (bicyclic) bond motifs is 1. The molecule has 19 heavy (non-hydrogen) atoms. The van der Waals surface area contributed by atoms with E-state index in [2.05, 4.69) is 10.7 Å². The molecule has 1 heterocycles. The number of benzene rings is 1. The fourth-order valence-corrected chi connectivity index (χ4v) is 1.66. The van der Waals surface area contributed by atoms with Crippen LogP contribution in [-0.2, 0) is 0 Å². The number of rotatable bonds is 1. The number of alkyl halides is 3. The third-order valence-electron chi connectivity index (χ3n) is 2.50. The van der Waals surface area contributed by atoms with E-state index in [0.717, 1.165) is 6.08 Å². The molecule has 1 aromatic carbocycles. The van der Waals surface area contributed by atoms with Gasteiger partial charge in [0.2, 0.25) is 0 Å². The largest absolute Gasteiger partial charge is 0.469 e. The average molecular weight is 269 g/mol. The van der Waals surface area contributed by atoms with Gasteiger partial charge in [0.25, 0.3) is 11.8 Å². The Labute approximate surface area is 105 Å². The number of halogens is 3. The zero-order chi connectivity index (χ0) is 14.2. The SMILES string of the molecule is C#Cc1ccc2c(c1)C=C([N+](=O)[O-])C(C(F)(F)F)O2. The number of terminal acetylenes is 1. The summed E-state index contributed by atoms with van der Waals surface area (Å²) in [5.41, 5.74) is -0.511. The van der Waals surface area contributed by atoms with Crippen molar-refractivity contribution in [2.45, 2.75) is 12.3 Å². The highest BCUT2D eigenvalue weighted by Crippen LogP contribution is 2.37. The molecule has 4 nitrogen and oxygen atoms in total. The third-order valence-corrected chi connectivity index (χ3v) is 2.50. The third kappa shape index (κ3) is 2.38. The van der Waals surface area contributed by atoms with Gasteiger partial charge in [0.1, 0.15) is 5.75 Å². The fourth-order valence-electron chi connectivity index (χ4n) is 1.66. The topological polar surface area (TPSA) is 52.4 Å². The van der Waals surface area contributed by atoms with Gasteiger partial charge in [0.05, 0.1) is 4.92 Å². The standard InChI is InChI=1S/C12H6F3NO3/c1-2-7-3-4-10-8(5-7)6-9(16(17)18)11(19-10)12(13,14)15/h1,3-6,11H. The van der Waals surface area contributed by atoms with E-state index in [4.69, 9.17) is 6.42 Å². The summed E-state index contributed by atoms with van der Waals surface area (Å²) in [5, 5.41) is 10.7. The number of nitrogens with zero attached hydrogens (tertiary/aromatic N) is 1. The molecular weight excluding hydrogens is 263 g/mol. The molecule has 0 radical (unpaired) electrons. The van der Waals surface area contributed by atoms with Crippen LogP contribution < -0.4 is 4.74 Å². The minimum absolute atomic E-state index is 0.0908. The minimum Gasteiger partial charge on any atom is -0.469 e. The number of hydrogen-bond acceptors (Lipinski definition) is 3. The van der Waals surface area contributed by atoms with Gasteiger partial charge in [-0.1, -0.05) is 5.92 Å². The van der Waals surface area contributed by atoms with E-state index in [0.29, 0.717) is 5.56 Å². The van der Waals surface area contributed by atoms with E-state index in [9.17, 15) is 23.3 Å². The van der Waals surface area contributed by atoms with Crippen molar-refractivity contribution in [3.63, 3.8) is 0 Å². The van der Waals surface area contributed by atoms with Crippen LogP contribution in [-0.4, -0.2) is 17.2 Å². The Bertz CT molecular complexity index is 614. The summed E-state index contributed by atoms with van der Waals surface area (Å²) in [4.78, 5) is 9.59. The molecule has 1 unspecified atom stereocenters. The first-order chi connectivity index (χ1) is 8.82. The van der Waals surface area contributed by atoms with Crippen LogP contribution in [0.2, 0.25) is 0 Å². The van der Waals surface area contributed by atoms with Crippen LogP contribution in [0.1, 0.15) is 11.1 Å². The smallest absolute Gasteiger partial charge is 0.436 e. The molecule has 0 aliphatic carbocycles. The minimum atomic E-state index is -4.86. The van der Waals surface area contributed by atoms with E-state index in [1.165, 1.54) is 18.2 Å². The van der Waals surface area contributed by atoms with Crippen LogP contribution in [0, 0.1) is 22.5 Å². The van der Waals surface area contributed by atoms with Crippen LogP contribution in [0.15, 0.2) is 23.9 Å². The van der Waals surface area contributed by atoms with Gasteiger partial charge in [-0.25, -0.2) is 0 Å². The lowest BCUT2D eigenvalue weighted by molar-refractivity contribution is -0.443. The summed E-state index contributed by atoms with van der Waals surface area (Å²) in [5.74, 6) is 2.19. The van der Waals surface area contributed by atoms with Gasteiger partial charge in [-0.05, 0) is 18.2 Å². The summed E-state index contributed by atoms with van der Waals surface area (Å²) < 4.78 is 42.7. The van der Waals surface area contributed by atoms with Gasteiger partial charge < -0.3 is 4.74 Å². The van der Waals surface area contributed by atoms with Crippen LogP contribution in [0.5, 0.6) is 5.75 Å². The van der Waals surface area contributed by atoms with Crippen LogP contribution in [0.25, 0.3) is 6.08 Å². The van der Waals surface area contributed by atoms with Crippen LogP contribution in [0.4, 0.5) is 13.2 Å². The Morgan fingerprint density at radius 2 is 2.11 bits per heavy atom. The van der Waals surface area contributed by atoms with Gasteiger partial charge in [0.15, 0.2) is 0 Å². The molecule has 98 valence electrons. The summed E-state index contributed by atoms with van der Waals surface area (Å²) in [6.45, 7) is 0. The first-order valence-corrected chi connectivity index (χ1v) is 5.03. The molecular formula is C12H6F3NO3. The van der Waals surface area contributed by atoms with Crippen molar-refractivity contribution in [3.8, 4) is 18.1 Å². The molecule has 0 saturated heterocycles. The predicted molar refractivity (Wildman–Crippen MR) is 59.8 cm³/mol. The van der Waals surface area contributed by atoms with Crippen molar-refractivity contribution in [1.82, 2.24) is 0 Å². The molecule has 1 aromatic rings. The number of nitro groups is 1. The van der Waals surface area contributed by atoms with Crippen molar-refractivity contribution < 1.29 is 22.8 Å². The molecule has 1 atom stereocenters. The number of hydrogen-bond donors (Lipinski definition) is 0. The average Bonchev–Trinajstić information content (AvgIpc) is 2.35. The first-order valence-electron chi connectivity index (χ1n) is 5.03. The molecule has 0 N–H and O–H groups in total. The lowest BCUT2D eigenvalue weighted by atomic mass is 10.0. The summed E-state index contributed by atoms with van der Waals surface area (Å²) in [6.07, 6.45) is -1.46. The number of ether oxygens (including phenoxy) is 1. The molecule has 0 spiro atoms. The van der Waals surface area contributed by atoms with Gasteiger partial charge in [0, 0.05) is 17.2 Å². The van der Waals surface area contributed by atoms with Gasteiger partial charge in [-0.2, -0.15) is 13.2 Å². The molecule has 7 heteroatoms. The lowest BCUT2D eigenvalue weighted by Gasteiger charge is -2.24. The molecule has 2 rings (SSSR count). The zero-order valence-corrected chi connectivity index (χ0v) is 9.27. The van der Waals surface area contributed by atoms with E-state index in [1.807, 2.05) is 0 Å². The molecule has 0 amide bonds.